The second-order valence-electron chi connectivity index (χ2n) is 7.11. The lowest BCUT2D eigenvalue weighted by molar-refractivity contribution is -0.384. The molecule has 0 saturated heterocycles. The molecule has 0 heterocycles. The Balaban J connectivity index is 2.01. The molecule has 0 bridgehead atoms. The van der Waals surface area contributed by atoms with E-state index < -0.39 is 4.92 Å². The minimum atomic E-state index is -0.506. The molecule has 0 saturated carbocycles. The van der Waals surface area contributed by atoms with Crippen LogP contribution in [0.2, 0.25) is 0 Å². The summed E-state index contributed by atoms with van der Waals surface area (Å²) in [5.74, 6) is -0.274. The summed E-state index contributed by atoms with van der Waals surface area (Å²) in [7, 11) is 0. The van der Waals surface area contributed by atoms with Gasteiger partial charge in [0.1, 0.15) is 12.3 Å². The predicted octanol–water partition coefficient (Wildman–Crippen LogP) is 3.86. The Hall–Kier alpha value is -3.42. The van der Waals surface area contributed by atoms with Crippen LogP contribution in [0.3, 0.4) is 0 Å². The van der Waals surface area contributed by atoms with Gasteiger partial charge in [-0.1, -0.05) is 19.1 Å². The maximum atomic E-state index is 12.7. The highest BCUT2D eigenvalue weighted by molar-refractivity contribution is 5.95. The molecule has 2 rings (SSSR count). The van der Waals surface area contributed by atoms with Crippen molar-refractivity contribution < 1.29 is 19.2 Å². The van der Waals surface area contributed by atoms with Crippen LogP contribution in [-0.4, -0.2) is 40.8 Å². The molecule has 8 nitrogen and oxygen atoms in total. The van der Waals surface area contributed by atoms with Crippen LogP contribution < -0.4 is 10.1 Å². The van der Waals surface area contributed by atoms with Crippen LogP contribution in [0.25, 0.3) is 0 Å². The van der Waals surface area contributed by atoms with E-state index in [9.17, 15) is 19.7 Å². The molecule has 0 aliphatic heterocycles. The molecule has 0 unspecified atom stereocenters. The van der Waals surface area contributed by atoms with Gasteiger partial charge in [0.25, 0.3) is 11.6 Å². The zero-order valence-corrected chi connectivity index (χ0v) is 17.7. The second kappa shape index (κ2) is 10.4. The zero-order chi connectivity index (χ0) is 22.3. The number of ether oxygens (including phenoxy) is 1. The Bertz CT molecular complexity index is 911. The Morgan fingerprint density at radius 3 is 2.43 bits per heavy atom. The molecule has 30 heavy (non-hydrogen) atoms. The Morgan fingerprint density at radius 2 is 1.83 bits per heavy atom. The largest absolute Gasteiger partial charge is 0.484 e. The number of aryl methyl sites for hydroxylation is 1. The fraction of sp³-hybridized carbons (Fsp3) is 0.364. The van der Waals surface area contributed by atoms with E-state index in [-0.39, 0.29) is 36.7 Å². The first-order chi connectivity index (χ1) is 14.2. The number of anilines is 1. The van der Waals surface area contributed by atoms with E-state index in [1.165, 1.54) is 29.2 Å². The van der Waals surface area contributed by atoms with E-state index in [4.69, 9.17) is 4.74 Å². The van der Waals surface area contributed by atoms with Crippen LogP contribution in [0.15, 0.2) is 42.5 Å². The topological polar surface area (TPSA) is 102 Å². The number of nitro groups is 1. The average Bonchev–Trinajstić information content (AvgIpc) is 2.73. The van der Waals surface area contributed by atoms with Gasteiger partial charge in [0.05, 0.1) is 4.92 Å². The fourth-order valence-corrected chi connectivity index (χ4v) is 2.83. The van der Waals surface area contributed by atoms with Crippen LogP contribution in [0.4, 0.5) is 11.4 Å². The molecule has 8 heteroatoms. The third kappa shape index (κ3) is 6.04. The quantitative estimate of drug-likeness (QED) is 0.497. The number of rotatable bonds is 9. The van der Waals surface area contributed by atoms with Gasteiger partial charge in [0.2, 0.25) is 5.91 Å². The molecule has 1 atom stereocenters. The van der Waals surface area contributed by atoms with Crippen molar-refractivity contribution in [1.29, 1.82) is 0 Å². The number of nitrogens with zero attached hydrogens (tertiary/aromatic N) is 2. The molecular weight excluding hydrogens is 386 g/mol. The number of carbonyl (C=O) groups is 2. The van der Waals surface area contributed by atoms with Gasteiger partial charge in [-0.3, -0.25) is 19.7 Å². The van der Waals surface area contributed by atoms with E-state index in [0.717, 1.165) is 16.8 Å². The Morgan fingerprint density at radius 1 is 1.17 bits per heavy atom. The molecule has 0 spiro atoms. The van der Waals surface area contributed by atoms with Gasteiger partial charge in [-0.2, -0.15) is 0 Å². The molecular formula is C22H27N3O5. The molecule has 0 aromatic heterocycles. The maximum Gasteiger partial charge on any atom is 0.269 e. The molecule has 0 aliphatic carbocycles. The smallest absolute Gasteiger partial charge is 0.269 e. The summed E-state index contributed by atoms with van der Waals surface area (Å²) in [5, 5.41) is 13.6. The standard InChI is InChI=1S/C22H27N3O5/c1-5-16(3)24(13-21(26)23-20-8-6-7-15(2)17(20)4)22(27)14-30-19-11-9-18(10-12-19)25(28)29/h6-12,16H,5,13-14H2,1-4H3,(H,23,26)/t16-/m1/s1. The number of benzene rings is 2. The van der Waals surface area contributed by atoms with Crippen LogP contribution >= 0.6 is 0 Å². The van der Waals surface area contributed by atoms with E-state index in [1.54, 1.807) is 0 Å². The summed E-state index contributed by atoms with van der Waals surface area (Å²) in [6.07, 6.45) is 0.681. The second-order valence-corrected chi connectivity index (χ2v) is 7.11. The molecule has 0 aliphatic rings. The zero-order valence-electron chi connectivity index (χ0n) is 17.7. The first kappa shape index (κ1) is 22.9. The summed E-state index contributed by atoms with van der Waals surface area (Å²) in [6, 6.07) is 11.0. The predicted molar refractivity (Wildman–Crippen MR) is 115 cm³/mol. The van der Waals surface area contributed by atoms with Gasteiger partial charge in [-0.05, 0) is 56.5 Å². The number of hydrogen-bond donors (Lipinski definition) is 1. The summed E-state index contributed by atoms with van der Waals surface area (Å²) in [6.45, 7) is 7.35. The fourth-order valence-electron chi connectivity index (χ4n) is 2.83. The molecule has 1 N–H and O–H groups in total. The van der Waals surface area contributed by atoms with Gasteiger partial charge in [0, 0.05) is 23.9 Å². The monoisotopic (exact) mass is 413 g/mol. The number of hydrogen-bond acceptors (Lipinski definition) is 5. The number of carbonyl (C=O) groups excluding carboxylic acids is 2. The number of nitrogens with one attached hydrogen (secondary N) is 1. The number of non-ortho nitro benzene ring substituents is 1. The van der Waals surface area contributed by atoms with Gasteiger partial charge in [-0.25, -0.2) is 0 Å². The first-order valence-corrected chi connectivity index (χ1v) is 9.75. The Labute approximate surface area is 176 Å². The summed E-state index contributed by atoms with van der Waals surface area (Å²) < 4.78 is 5.47. The summed E-state index contributed by atoms with van der Waals surface area (Å²) in [5.41, 5.74) is 2.71. The maximum absolute atomic E-state index is 12.7. The highest BCUT2D eigenvalue weighted by Gasteiger charge is 2.23. The van der Waals surface area contributed by atoms with Crippen molar-refractivity contribution in [3.05, 3.63) is 63.7 Å². The molecule has 2 aromatic rings. The van der Waals surface area contributed by atoms with Crippen LogP contribution in [-0.2, 0) is 9.59 Å². The van der Waals surface area contributed by atoms with Crippen LogP contribution in [0.1, 0.15) is 31.4 Å². The number of nitro benzene ring substituents is 1. The normalized spacial score (nSPS) is 11.5. The lowest BCUT2D eigenvalue weighted by Crippen LogP contribution is -2.45. The van der Waals surface area contributed by atoms with Crippen molar-refractivity contribution in [1.82, 2.24) is 4.90 Å². The third-order valence-electron chi connectivity index (χ3n) is 5.05. The van der Waals surface area contributed by atoms with Crippen molar-refractivity contribution in [3.8, 4) is 5.75 Å². The van der Waals surface area contributed by atoms with E-state index >= 15 is 0 Å². The number of amides is 2. The van der Waals surface area contributed by atoms with Gasteiger partial charge < -0.3 is 15.0 Å². The first-order valence-electron chi connectivity index (χ1n) is 9.75. The van der Waals surface area contributed by atoms with Crippen molar-refractivity contribution in [2.75, 3.05) is 18.5 Å². The van der Waals surface area contributed by atoms with Gasteiger partial charge >= 0.3 is 0 Å². The lowest BCUT2D eigenvalue weighted by Gasteiger charge is -2.28. The minimum Gasteiger partial charge on any atom is -0.484 e. The van der Waals surface area contributed by atoms with Crippen LogP contribution in [0, 0.1) is 24.0 Å². The Kier molecular flexibility index (Phi) is 7.91. The molecule has 0 radical (unpaired) electrons. The lowest BCUT2D eigenvalue weighted by atomic mass is 10.1. The molecule has 2 aromatic carbocycles. The van der Waals surface area contributed by atoms with Gasteiger partial charge in [0.15, 0.2) is 6.61 Å². The highest BCUT2D eigenvalue weighted by Crippen LogP contribution is 2.19. The van der Waals surface area contributed by atoms with E-state index in [0.29, 0.717) is 12.2 Å². The van der Waals surface area contributed by atoms with Crippen molar-refractivity contribution >= 4 is 23.2 Å². The van der Waals surface area contributed by atoms with E-state index in [1.807, 2.05) is 45.9 Å². The summed E-state index contributed by atoms with van der Waals surface area (Å²) >= 11 is 0. The highest BCUT2D eigenvalue weighted by atomic mass is 16.6. The molecule has 2 amide bonds. The third-order valence-corrected chi connectivity index (χ3v) is 5.05. The van der Waals surface area contributed by atoms with Crippen molar-refractivity contribution in [3.63, 3.8) is 0 Å². The van der Waals surface area contributed by atoms with Gasteiger partial charge in [-0.15, -0.1) is 0 Å². The van der Waals surface area contributed by atoms with E-state index in [2.05, 4.69) is 5.32 Å². The van der Waals surface area contributed by atoms with Crippen molar-refractivity contribution in [2.24, 2.45) is 0 Å². The van der Waals surface area contributed by atoms with Crippen molar-refractivity contribution in [2.45, 2.75) is 40.2 Å². The molecule has 0 fully saturated rings. The average molecular weight is 413 g/mol. The minimum absolute atomic E-state index is 0.0574. The SMILES string of the molecule is CC[C@@H](C)N(CC(=O)Nc1cccc(C)c1C)C(=O)COc1ccc([N+](=O)[O-])cc1. The summed E-state index contributed by atoms with van der Waals surface area (Å²) in [4.78, 5) is 37.0. The van der Waals surface area contributed by atoms with Crippen LogP contribution in [0.5, 0.6) is 5.75 Å². The molecule has 160 valence electrons.